The van der Waals surface area contributed by atoms with E-state index in [2.05, 4.69) is 21.3 Å². The third kappa shape index (κ3) is 22.1. The molecule has 2 aliphatic heterocycles. The van der Waals surface area contributed by atoms with E-state index < -0.39 is 48.7 Å². The number of carbonyl (C=O) groups excluding carboxylic acids is 8. The van der Waals surface area contributed by atoms with Crippen molar-refractivity contribution in [3.05, 3.63) is 108 Å². The van der Waals surface area contributed by atoms with Crippen molar-refractivity contribution < 1.29 is 38.4 Å². The summed E-state index contributed by atoms with van der Waals surface area (Å²) in [6.45, 7) is 0.847. The Morgan fingerprint density at radius 1 is 0.597 bits per heavy atom. The van der Waals surface area contributed by atoms with Crippen molar-refractivity contribution >= 4 is 59.1 Å². The van der Waals surface area contributed by atoms with E-state index in [9.17, 15) is 38.4 Å². The first kappa shape index (κ1) is 61.3. The van der Waals surface area contributed by atoms with Crippen molar-refractivity contribution in [2.45, 2.75) is 114 Å². The predicted octanol–water partition coefficient (Wildman–Crippen LogP) is 2.29. The summed E-state index contributed by atoms with van der Waals surface area (Å²) >= 11 is 1.85. The second-order valence-electron chi connectivity index (χ2n) is 20.0. The van der Waals surface area contributed by atoms with Gasteiger partial charge < -0.3 is 58.1 Å². The molecular weight excluding hydrogens is 1000 g/mol. The summed E-state index contributed by atoms with van der Waals surface area (Å²) in [5.41, 5.74) is 19.6. The van der Waals surface area contributed by atoms with Crippen LogP contribution in [0.2, 0.25) is 0 Å². The molecule has 0 bridgehead atoms. The topological polar surface area (TPSA) is 279 Å². The van der Waals surface area contributed by atoms with Gasteiger partial charge in [0.2, 0.25) is 41.4 Å². The third-order valence-corrected chi connectivity index (χ3v) is 15.2. The van der Waals surface area contributed by atoms with Gasteiger partial charge in [0.15, 0.2) is 0 Å². The van der Waals surface area contributed by atoms with Crippen LogP contribution < -0.4 is 38.5 Å². The number of nitrogens with two attached hydrogens (primary N) is 3. The van der Waals surface area contributed by atoms with Crippen LogP contribution in [0.3, 0.4) is 0 Å². The first-order valence-corrected chi connectivity index (χ1v) is 28.1. The second kappa shape index (κ2) is 33.6. The third-order valence-electron chi connectivity index (χ3n) is 13.7. The molecule has 3 aromatic rings. The summed E-state index contributed by atoms with van der Waals surface area (Å²) in [6, 6.07) is 26.7. The van der Waals surface area contributed by atoms with Gasteiger partial charge in [-0.1, -0.05) is 97.4 Å². The van der Waals surface area contributed by atoms with Crippen LogP contribution in [0.25, 0.3) is 0 Å². The lowest BCUT2D eigenvalue weighted by Crippen LogP contribution is -2.52. The molecule has 3 aromatic carbocycles. The molecule has 0 aromatic heterocycles. The van der Waals surface area contributed by atoms with Gasteiger partial charge in [-0.3, -0.25) is 38.5 Å². The lowest BCUT2D eigenvalue weighted by atomic mass is 10.0. The Labute approximate surface area is 458 Å². The molecule has 1 unspecified atom stereocenters. The van der Waals surface area contributed by atoms with Gasteiger partial charge >= 0.3 is 6.03 Å². The second-order valence-corrected chi connectivity index (χ2v) is 21.3. The number of urea groups is 1. The number of carbonyl (C=O) groups is 8. The maximum absolute atomic E-state index is 14.6. The van der Waals surface area contributed by atoms with Crippen LogP contribution in [0.5, 0.6) is 0 Å². The number of thioether (sulfide) groups is 1. The average Bonchev–Trinajstić information content (AvgIpc) is 3.98. The van der Waals surface area contributed by atoms with Crippen molar-refractivity contribution in [1.29, 1.82) is 0 Å². The number of fused-ring (bicyclic) bond motifs is 1. The fourth-order valence-electron chi connectivity index (χ4n) is 9.34. The number of amides is 9. The van der Waals surface area contributed by atoms with E-state index in [0.717, 1.165) is 54.5 Å². The van der Waals surface area contributed by atoms with Crippen molar-refractivity contribution in [3.8, 4) is 0 Å². The normalized spacial score (nSPS) is 15.9. The van der Waals surface area contributed by atoms with E-state index in [1.165, 1.54) is 19.6 Å². The zero-order chi connectivity index (χ0) is 55.4. The van der Waals surface area contributed by atoms with Gasteiger partial charge in [-0.05, 0) is 101 Å². The molecule has 20 nitrogen and oxygen atoms in total. The average molecular weight is 1080 g/mol. The highest BCUT2D eigenvalue weighted by molar-refractivity contribution is 8.00. The lowest BCUT2D eigenvalue weighted by molar-refractivity contribution is -0.147. The Morgan fingerprint density at radius 3 is 1.65 bits per heavy atom. The van der Waals surface area contributed by atoms with E-state index >= 15 is 0 Å². The largest absolute Gasteiger partial charge is 0.368 e. The number of benzene rings is 3. The molecule has 0 saturated carbocycles. The molecule has 5 rings (SSSR count). The number of hydrogen-bond acceptors (Lipinski definition) is 12. The molecule has 2 aliphatic rings. The quantitative estimate of drug-likeness (QED) is 0.0327. The van der Waals surface area contributed by atoms with Crippen molar-refractivity contribution in [3.63, 3.8) is 0 Å². The Bertz CT molecular complexity index is 2340. The SMILES string of the molecule is CN(CCCCN)CC(=O)N(CC(=O)N(CCCCN)CC(=O)N(CC(=O)N(CC(=O)N[C@@H](CCCCNC(=O)CCCCC1SC[C@@H]2NC(=O)N[C@H]12)C(N)=O)Cc1ccccc1)Cc1ccccc1)Cc1ccccc1. The number of unbranched alkanes of at least 4 members (excludes halogenated alkanes) is 4. The van der Waals surface area contributed by atoms with Crippen molar-refractivity contribution in [1.82, 2.24) is 45.8 Å². The van der Waals surface area contributed by atoms with E-state index in [1.807, 2.05) is 115 Å². The standard InChI is InChI=1S/C56H82N12O8S/c1-64(31-17-14-28-57)37-50(71)67(34-43-21-7-3-8-22-43)39-51(72)65(32-18-15-29-58)38-52(73)68(35-44-23-9-4-10-24-44)40-53(74)66(33-42-19-5-2-6-20-42)36-49(70)61-45(55(59)75)25-13-16-30-60-48(69)27-12-11-26-47-54-46(41-77-47)62-56(76)63-54/h2-10,19-24,45-47,54H,11-18,25-41,57-58H2,1H3,(H2,59,75)(H,60,69)(H,61,70)(H2,62,63,76)/t45-,46-,47?,54-/m0/s1. The number of nitrogens with one attached hydrogen (secondary N) is 4. The van der Waals surface area contributed by atoms with Gasteiger partial charge in [0, 0.05) is 50.1 Å². The number of nitrogens with zero attached hydrogens (tertiary/aromatic N) is 5. The molecule has 2 fully saturated rings. The maximum atomic E-state index is 14.6. The first-order chi connectivity index (χ1) is 37.2. The number of likely N-dealkylation sites (N-methyl/N-ethyl adjacent to an activating group) is 1. The minimum Gasteiger partial charge on any atom is -0.368 e. The molecule has 2 saturated heterocycles. The highest BCUT2D eigenvalue weighted by Crippen LogP contribution is 2.33. The Balaban J connectivity index is 1.21. The summed E-state index contributed by atoms with van der Waals surface area (Å²) in [4.78, 5) is 116. The Hall–Kier alpha value is -6.55. The molecule has 0 spiro atoms. The molecule has 4 atom stereocenters. The summed E-state index contributed by atoms with van der Waals surface area (Å²) in [5.74, 6) is -2.31. The Morgan fingerprint density at radius 2 is 1.10 bits per heavy atom. The van der Waals surface area contributed by atoms with Gasteiger partial charge in [-0.15, -0.1) is 0 Å². The van der Waals surface area contributed by atoms with Gasteiger partial charge in [0.1, 0.15) is 19.1 Å². The Kier molecular flexibility index (Phi) is 26.7. The van der Waals surface area contributed by atoms with Crippen LogP contribution in [-0.4, -0.2) is 174 Å². The zero-order valence-corrected chi connectivity index (χ0v) is 45.6. The van der Waals surface area contributed by atoms with Crippen molar-refractivity contribution in [2.75, 3.05) is 78.2 Å². The number of hydrogen-bond donors (Lipinski definition) is 7. The van der Waals surface area contributed by atoms with Crippen LogP contribution in [0.4, 0.5) is 4.79 Å². The molecule has 10 N–H and O–H groups in total. The van der Waals surface area contributed by atoms with Crippen LogP contribution in [-0.2, 0) is 53.2 Å². The van der Waals surface area contributed by atoms with Crippen LogP contribution >= 0.6 is 11.8 Å². The summed E-state index contributed by atoms with van der Waals surface area (Å²) < 4.78 is 0. The van der Waals surface area contributed by atoms with E-state index in [4.69, 9.17) is 17.2 Å². The van der Waals surface area contributed by atoms with Crippen LogP contribution in [0.15, 0.2) is 91.0 Å². The minimum absolute atomic E-state index is 0.00874. The molecule has 2 heterocycles. The molecule has 0 radical (unpaired) electrons. The van der Waals surface area contributed by atoms with E-state index in [0.29, 0.717) is 63.5 Å². The molecule has 0 aliphatic carbocycles. The molecular formula is C56H82N12O8S. The van der Waals surface area contributed by atoms with E-state index in [1.54, 1.807) is 0 Å². The van der Waals surface area contributed by atoms with Gasteiger partial charge in [-0.25, -0.2) is 4.79 Å². The van der Waals surface area contributed by atoms with Crippen LogP contribution in [0.1, 0.15) is 87.3 Å². The summed E-state index contributed by atoms with van der Waals surface area (Å²) in [6.07, 6.45) is 6.84. The highest BCUT2D eigenvalue weighted by atomic mass is 32.2. The number of rotatable bonds is 36. The molecule has 77 heavy (non-hydrogen) atoms. The fourth-order valence-corrected chi connectivity index (χ4v) is 10.9. The zero-order valence-electron chi connectivity index (χ0n) is 44.8. The summed E-state index contributed by atoms with van der Waals surface area (Å²) in [7, 11) is 1.85. The lowest BCUT2D eigenvalue weighted by Gasteiger charge is -2.31. The van der Waals surface area contributed by atoms with Gasteiger partial charge in [0.05, 0.1) is 31.7 Å². The minimum atomic E-state index is -1.04. The van der Waals surface area contributed by atoms with Gasteiger partial charge in [-0.2, -0.15) is 11.8 Å². The van der Waals surface area contributed by atoms with E-state index in [-0.39, 0.29) is 82.2 Å². The monoisotopic (exact) mass is 1080 g/mol. The molecule has 21 heteroatoms. The van der Waals surface area contributed by atoms with Gasteiger partial charge in [0.25, 0.3) is 0 Å². The summed E-state index contributed by atoms with van der Waals surface area (Å²) in [5, 5.41) is 11.9. The fraction of sp³-hybridized carbons (Fsp3) is 0.536. The maximum Gasteiger partial charge on any atom is 0.315 e. The highest BCUT2D eigenvalue weighted by Gasteiger charge is 2.42. The van der Waals surface area contributed by atoms with Crippen LogP contribution in [0, 0.1) is 0 Å². The van der Waals surface area contributed by atoms with Crippen molar-refractivity contribution in [2.24, 2.45) is 17.2 Å². The smallest absolute Gasteiger partial charge is 0.315 e. The molecule has 9 amide bonds. The predicted molar refractivity (Wildman–Crippen MR) is 298 cm³/mol. The first-order valence-electron chi connectivity index (χ1n) is 27.1. The molecule has 420 valence electrons. The number of primary amides is 1.